The number of hydrazone groups is 1. The Kier molecular flexibility index (Phi) is 18.9. The Balaban J connectivity index is 0. The Hall–Kier alpha value is -0.251. The van der Waals surface area contributed by atoms with E-state index in [0.29, 0.717) is 18.2 Å². The fourth-order valence-corrected chi connectivity index (χ4v) is 6.17. The number of carbonyl (C=O) groups excluding carboxylic acids is 2. The average molecular weight is 802 g/mol. The standard InChI is InChI=1S/C20H19N3O15S4.Cu.3Na/c1-10(24)21-15-8-13(40(29,30)31)6-11-7-17(41(32,33)34)19(20(26)18(11)15)23-22-14-3-2-12(9-16(14)25)39(27,28)5-4-38-42(35,36)37;;;;/h2-3,6-9,22,25H,4-5H2,1H3,(H,21,24)(H,29,30,31)(H,32,33,34)(H,35,36,37);;;;/q;;3*+1. The van der Waals surface area contributed by atoms with Crippen molar-refractivity contribution in [2.24, 2.45) is 5.10 Å². The maximum atomic E-state index is 13.3. The number of rotatable bonds is 10. The Morgan fingerprint density at radius 2 is 1.46 bits per heavy atom. The molecule has 0 unspecified atom stereocenters. The van der Waals surface area contributed by atoms with Crippen LogP contribution in [-0.4, -0.2) is 82.2 Å². The topological polar surface area (TPSA) is 297 Å². The van der Waals surface area contributed by atoms with Crippen LogP contribution in [0.3, 0.4) is 0 Å². The third-order valence-corrected chi connectivity index (χ3v) is 9.03. The maximum absolute atomic E-state index is 13.3. The first-order valence-electron chi connectivity index (χ1n) is 10.8. The molecule has 3 rings (SSSR count). The number of nitrogens with zero attached hydrogens (tertiary/aromatic N) is 1. The summed E-state index contributed by atoms with van der Waals surface area (Å²) in [7, 11) is -19.3. The summed E-state index contributed by atoms with van der Waals surface area (Å²) >= 11 is 0. The van der Waals surface area contributed by atoms with Crippen molar-refractivity contribution in [3.05, 3.63) is 46.4 Å². The van der Waals surface area contributed by atoms with Crippen LogP contribution < -0.4 is 99.4 Å². The number of nitrogens with one attached hydrogen (secondary N) is 2. The minimum Gasteiger partial charge on any atom is -0.506 e. The van der Waals surface area contributed by atoms with Gasteiger partial charge in [0.2, 0.25) is 11.7 Å². The van der Waals surface area contributed by atoms with Gasteiger partial charge in [0.1, 0.15) is 10.7 Å². The van der Waals surface area contributed by atoms with Gasteiger partial charge < -0.3 is 10.4 Å². The molecule has 6 N–H and O–H groups in total. The summed E-state index contributed by atoms with van der Waals surface area (Å²) in [5.41, 5.74) is -0.664. The zero-order valence-corrected chi connectivity index (χ0v) is 34.2. The number of allylic oxidation sites excluding steroid dienone is 1. The number of anilines is 2. The second kappa shape index (κ2) is 18.1. The first-order chi connectivity index (χ1) is 19.1. The molecular formula is C20H19CuN3Na3O15S4+3. The number of hydrogen-bond donors (Lipinski definition) is 6. The minimum absolute atomic E-state index is 0. The van der Waals surface area contributed by atoms with E-state index < -0.39 is 113 Å². The Labute approximate surface area is 339 Å². The molecule has 1 radical (unpaired) electrons. The Morgan fingerprint density at radius 3 is 1.93 bits per heavy atom. The monoisotopic (exact) mass is 801 g/mol. The first kappa shape index (κ1) is 47.9. The molecule has 1 aliphatic rings. The molecule has 0 fully saturated rings. The maximum Gasteiger partial charge on any atom is 1.00 e. The Morgan fingerprint density at radius 1 is 0.870 bits per heavy atom. The molecule has 0 saturated carbocycles. The molecule has 0 atom stereocenters. The number of hydrogen-bond acceptors (Lipinski definition) is 14. The first-order valence-corrected chi connectivity index (χ1v) is 16.7. The van der Waals surface area contributed by atoms with Crippen LogP contribution in [0.15, 0.2) is 50.1 Å². The van der Waals surface area contributed by atoms with Crippen LogP contribution in [-0.2, 0) is 66.5 Å². The summed E-state index contributed by atoms with van der Waals surface area (Å²) < 4.78 is 125. The SMILES string of the molecule is CC(=O)Nc1cc(S(=O)(=O)O)cc2c1C(=O)C(=NNc1ccc(S(=O)(=O)CCOS(=O)(=O)O)cc1O)C(S(=O)(=O)O)=C2.[Cu].[Na+].[Na+].[Na+]. The normalized spacial score (nSPS) is 13.9. The zero-order valence-electron chi connectivity index (χ0n) is 24.0. The molecule has 0 heterocycles. The van der Waals surface area contributed by atoms with E-state index in [0.717, 1.165) is 25.1 Å². The smallest absolute Gasteiger partial charge is 0.506 e. The molecule has 26 heteroatoms. The van der Waals surface area contributed by atoms with Crippen molar-refractivity contribution in [2.45, 2.75) is 16.7 Å². The quantitative estimate of drug-likeness (QED) is 0.0563. The van der Waals surface area contributed by atoms with E-state index in [1.807, 2.05) is 0 Å². The summed E-state index contributed by atoms with van der Waals surface area (Å²) in [4.78, 5) is 22.5. The van der Waals surface area contributed by atoms with Crippen LogP contribution in [0.5, 0.6) is 5.75 Å². The van der Waals surface area contributed by atoms with Crippen LogP contribution >= 0.6 is 0 Å². The molecule has 0 saturated heterocycles. The number of benzene rings is 2. The van der Waals surface area contributed by atoms with Gasteiger partial charge in [-0.25, -0.2) is 12.6 Å². The molecule has 18 nitrogen and oxygen atoms in total. The molecule has 46 heavy (non-hydrogen) atoms. The number of fused-ring (bicyclic) bond motifs is 1. The number of carbonyl (C=O) groups is 2. The zero-order chi connectivity index (χ0) is 31.8. The van der Waals surface area contributed by atoms with Gasteiger partial charge in [-0.15, -0.1) is 0 Å². The van der Waals surface area contributed by atoms with E-state index in [-0.39, 0.29) is 106 Å². The van der Waals surface area contributed by atoms with Gasteiger partial charge in [0.15, 0.2) is 15.5 Å². The van der Waals surface area contributed by atoms with Crippen LogP contribution in [0, 0.1) is 0 Å². The van der Waals surface area contributed by atoms with Crippen molar-refractivity contribution in [1.29, 1.82) is 0 Å². The number of aromatic hydroxyl groups is 1. The van der Waals surface area contributed by atoms with E-state index in [2.05, 4.69) is 20.0 Å². The van der Waals surface area contributed by atoms with Gasteiger partial charge in [-0.2, -0.15) is 30.4 Å². The second-order valence-corrected chi connectivity index (χ2v) is 14.2. The third kappa shape index (κ3) is 12.6. The molecule has 0 aromatic heterocycles. The summed E-state index contributed by atoms with van der Waals surface area (Å²) in [6.45, 7) is 0.0557. The van der Waals surface area contributed by atoms with Crippen LogP contribution in [0.4, 0.5) is 11.4 Å². The van der Waals surface area contributed by atoms with Crippen molar-refractivity contribution in [2.75, 3.05) is 23.1 Å². The molecule has 239 valence electrons. The number of ketones is 1. The molecule has 0 aliphatic heterocycles. The number of sulfone groups is 1. The number of phenolic OH excluding ortho intramolecular Hbond substituents is 1. The van der Waals surface area contributed by atoms with Crippen molar-refractivity contribution in [3.8, 4) is 5.75 Å². The van der Waals surface area contributed by atoms with E-state index in [4.69, 9.17) is 4.55 Å². The summed E-state index contributed by atoms with van der Waals surface area (Å²) in [6.07, 6.45) is 0.636. The van der Waals surface area contributed by atoms with Crippen molar-refractivity contribution in [1.82, 2.24) is 0 Å². The molecular weight excluding hydrogens is 783 g/mol. The van der Waals surface area contributed by atoms with Gasteiger partial charge >= 0.3 is 99.1 Å². The van der Waals surface area contributed by atoms with Gasteiger partial charge in [0, 0.05) is 30.1 Å². The number of phenols is 1. The summed E-state index contributed by atoms with van der Waals surface area (Å²) in [5.74, 6) is -3.79. The van der Waals surface area contributed by atoms with Gasteiger partial charge in [-0.1, -0.05) is 0 Å². The predicted molar refractivity (Wildman–Crippen MR) is 143 cm³/mol. The molecule has 0 spiro atoms. The molecule has 1 aliphatic carbocycles. The summed E-state index contributed by atoms with van der Waals surface area (Å²) in [6, 6.07) is 3.95. The van der Waals surface area contributed by atoms with Crippen LogP contribution in [0.1, 0.15) is 22.8 Å². The Bertz CT molecular complexity index is 2020. The largest absolute Gasteiger partial charge is 1.00 e. The van der Waals surface area contributed by atoms with Crippen molar-refractivity contribution >= 4 is 75.3 Å². The van der Waals surface area contributed by atoms with E-state index in [1.54, 1.807) is 0 Å². The van der Waals surface area contributed by atoms with E-state index in [1.165, 1.54) is 0 Å². The van der Waals surface area contributed by atoms with Gasteiger partial charge in [-0.05, 0) is 35.9 Å². The van der Waals surface area contributed by atoms with Crippen molar-refractivity contribution in [3.63, 3.8) is 0 Å². The average Bonchev–Trinajstić information content (AvgIpc) is 2.81. The molecule has 2 aromatic carbocycles. The van der Waals surface area contributed by atoms with Gasteiger partial charge in [0.05, 0.1) is 39.1 Å². The van der Waals surface area contributed by atoms with Gasteiger partial charge in [0.25, 0.3) is 20.2 Å². The van der Waals surface area contributed by atoms with Crippen LogP contribution in [0.2, 0.25) is 0 Å². The van der Waals surface area contributed by atoms with Gasteiger partial charge in [-0.3, -0.25) is 28.7 Å². The third-order valence-electron chi connectivity index (χ3n) is 5.19. The molecule has 2 aromatic rings. The minimum atomic E-state index is -5.24. The number of amides is 1. The fraction of sp³-hybridized carbons (Fsp3) is 0.150. The number of Topliss-reactive ketones (excluding diaryl/α,β-unsaturated/α-hetero) is 1. The summed E-state index contributed by atoms with van der Waals surface area (Å²) in [5, 5.41) is 16.1. The molecule has 1 amide bonds. The van der Waals surface area contributed by atoms with Crippen LogP contribution in [0.25, 0.3) is 6.08 Å². The van der Waals surface area contributed by atoms with E-state index >= 15 is 0 Å². The molecule has 0 bridgehead atoms. The van der Waals surface area contributed by atoms with Crippen molar-refractivity contribution < 1.29 is 172 Å². The second-order valence-electron chi connectivity index (χ2n) is 8.22. The fourth-order valence-electron chi connectivity index (χ4n) is 3.47. The predicted octanol–water partition coefficient (Wildman–Crippen LogP) is -8.91. The van der Waals surface area contributed by atoms with E-state index in [9.17, 15) is 57.5 Å².